The van der Waals surface area contributed by atoms with E-state index in [0.717, 1.165) is 5.56 Å². The van der Waals surface area contributed by atoms with Gasteiger partial charge in [0.05, 0.1) is 31.8 Å². The molecule has 1 aliphatic heterocycles. The van der Waals surface area contributed by atoms with Gasteiger partial charge in [0.2, 0.25) is 11.7 Å². The fourth-order valence-corrected chi connectivity index (χ4v) is 2.75. The third-order valence-electron chi connectivity index (χ3n) is 4.09. The van der Waals surface area contributed by atoms with Crippen molar-refractivity contribution in [3.05, 3.63) is 51.6 Å². The summed E-state index contributed by atoms with van der Waals surface area (Å²) >= 11 is 0. The number of nitro benzene ring substituents is 1. The van der Waals surface area contributed by atoms with Crippen LogP contribution in [0.3, 0.4) is 0 Å². The van der Waals surface area contributed by atoms with E-state index in [-0.39, 0.29) is 23.8 Å². The smallest absolute Gasteiger partial charge is 0.311 e. The predicted molar refractivity (Wildman–Crippen MR) is 103 cm³/mol. The highest BCUT2D eigenvalue weighted by Crippen LogP contribution is 2.33. The van der Waals surface area contributed by atoms with E-state index >= 15 is 0 Å². The van der Waals surface area contributed by atoms with Crippen molar-refractivity contribution in [3.8, 4) is 23.0 Å². The molecule has 1 amide bonds. The predicted octanol–water partition coefficient (Wildman–Crippen LogP) is 2.08. The average Bonchev–Trinajstić information content (AvgIpc) is 2.73. The van der Waals surface area contributed by atoms with Gasteiger partial charge >= 0.3 is 5.69 Å². The fourth-order valence-electron chi connectivity index (χ4n) is 2.75. The second kappa shape index (κ2) is 8.91. The second-order valence-electron chi connectivity index (χ2n) is 5.97. The van der Waals surface area contributed by atoms with Crippen LogP contribution in [0.15, 0.2) is 35.4 Å². The molecule has 0 atom stereocenters. The van der Waals surface area contributed by atoms with Gasteiger partial charge in [-0.2, -0.15) is 5.10 Å². The van der Waals surface area contributed by atoms with Crippen molar-refractivity contribution >= 4 is 17.8 Å². The van der Waals surface area contributed by atoms with Gasteiger partial charge in [-0.1, -0.05) is 6.07 Å². The summed E-state index contributed by atoms with van der Waals surface area (Å²) in [6, 6.07) is 7.91. The zero-order valence-corrected chi connectivity index (χ0v) is 15.8. The highest BCUT2D eigenvalue weighted by molar-refractivity contribution is 5.87. The number of amides is 1. The van der Waals surface area contributed by atoms with E-state index in [9.17, 15) is 14.9 Å². The zero-order valence-electron chi connectivity index (χ0n) is 15.8. The number of carbonyl (C=O) groups is 1. The number of methoxy groups -OCH3 is 2. The van der Waals surface area contributed by atoms with Gasteiger partial charge in [-0.25, -0.2) is 5.43 Å². The van der Waals surface area contributed by atoms with Crippen molar-refractivity contribution in [2.45, 2.75) is 6.42 Å². The molecule has 2 aromatic carbocycles. The molecule has 0 saturated heterocycles. The summed E-state index contributed by atoms with van der Waals surface area (Å²) < 4.78 is 21.1. The Morgan fingerprint density at radius 2 is 1.90 bits per heavy atom. The van der Waals surface area contributed by atoms with Crippen molar-refractivity contribution in [3.63, 3.8) is 0 Å². The van der Waals surface area contributed by atoms with Crippen LogP contribution >= 0.6 is 0 Å². The zero-order chi connectivity index (χ0) is 20.8. The molecule has 2 aromatic rings. The van der Waals surface area contributed by atoms with E-state index < -0.39 is 4.92 Å². The van der Waals surface area contributed by atoms with Crippen LogP contribution in [0.4, 0.5) is 5.69 Å². The molecule has 10 nitrogen and oxygen atoms in total. The minimum absolute atomic E-state index is 0.0617. The number of ether oxygens (including phenoxy) is 4. The van der Waals surface area contributed by atoms with Gasteiger partial charge in [-0.05, 0) is 17.7 Å². The number of nitrogens with zero attached hydrogens (tertiary/aromatic N) is 2. The first-order valence-electron chi connectivity index (χ1n) is 8.62. The van der Waals surface area contributed by atoms with Gasteiger partial charge in [0.1, 0.15) is 19.0 Å². The molecule has 152 valence electrons. The number of nitro groups is 1. The number of benzene rings is 2. The molecule has 29 heavy (non-hydrogen) atoms. The Hall–Kier alpha value is -3.82. The SMILES string of the molecule is COc1cc(OC)c([N+](=O)[O-])cc1C=NNC(=O)Cc1ccc2c(c1)OCCO2. The summed E-state index contributed by atoms with van der Waals surface area (Å²) in [6.07, 6.45) is 1.35. The van der Waals surface area contributed by atoms with Crippen molar-refractivity contribution < 1.29 is 28.7 Å². The molecular formula is C19H19N3O7. The van der Waals surface area contributed by atoms with Crippen LogP contribution in [0.25, 0.3) is 0 Å². The molecule has 1 heterocycles. The average molecular weight is 401 g/mol. The number of nitrogens with one attached hydrogen (secondary N) is 1. The largest absolute Gasteiger partial charge is 0.496 e. The molecule has 0 saturated carbocycles. The lowest BCUT2D eigenvalue weighted by atomic mass is 10.1. The first-order valence-corrected chi connectivity index (χ1v) is 8.62. The lowest BCUT2D eigenvalue weighted by Gasteiger charge is -2.18. The maximum absolute atomic E-state index is 12.1. The number of carbonyl (C=O) groups excluding carboxylic acids is 1. The lowest BCUT2D eigenvalue weighted by Crippen LogP contribution is -2.20. The minimum atomic E-state index is -0.573. The van der Waals surface area contributed by atoms with E-state index in [1.165, 1.54) is 32.6 Å². The van der Waals surface area contributed by atoms with Gasteiger partial charge in [0.25, 0.3) is 0 Å². The van der Waals surface area contributed by atoms with Crippen molar-refractivity contribution in [1.82, 2.24) is 5.43 Å². The van der Waals surface area contributed by atoms with E-state index in [4.69, 9.17) is 18.9 Å². The molecule has 0 unspecified atom stereocenters. The molecule has 10 heteroatoms. The topological polar surface area (TPSA) is 122 Å². The fraction of sp³-hybridized carbons (Fsp3) is 0.263. The van der Waals surface area contributed by atoms with Gasteiger partial charge < -0.3 is 18.9 Å². The Kier molecular flexibility index (Phi) is 6.12. The second-order valence-corrected chi connectivity index (χ2v) is 5.97. The van der Waals surface area contributed by atoms with Crippen molar-refractivity contribution in [2.24, 2.45) is 5.10 Å². The molecule has 0 bridgehead atoms. The van der Waals surface area contributed by atoms with Crippen molar-refractivity contribution in [2.75, 3.05) is 27.4 Å². The van der Waals surface area contributed by atoms with E-state index in [0.29, 0.717) is 36.0 Å². The number of fused-ring (bicyclic) bond motifs is 1. The molecule has 0 aliphatic carbocycles. The lowest BCUT2D eigenvalue weighted by molar-refractivity contribution is -0.385. The summed E-state index contributed by atoms with van der Waals surface area (Å²) in [4.78, 5) is 22.7. The molecule has 0 aromatic heterocycles. The number of rotatable bonds is 7. The molecule has 1 aliphatic rings. The van der Waals surface area contributed by atoms with Gasteiger partial charge in [-0.3, -0.25) is 14.9 Å². The third kappa shape index (κ3) is 4.72. The Morgan fingerprint density at radius 3 is 2.59 bits per heavy atom. The maximum atomic E-state index is 12.1. The minimum Gasteiger partial charge on any atom is -0.496 e. The summed E-state index contributed by atoms with van der Waals surface area (Å²) in [5.41, 5.74) is 3.21. The van der Waals surface area contributed by atoms with Crippen molar-refractivity contribution in [1.29, 1.82) is 0 Å². The van der Waals surface area contributed by atoms with E-state index in [2.05, 4.69) is 10.5 Å². The molecule has 1 N–H and O–H groups in total. The van der Waals surface area contributed by atoms with Crippen LogP contribution in [-0.2, 0) is 11.2 Å². The maximum Gasteiger partial charge on any atom is 0.311 e. The number of hydrazone groups is 1. The van der Waals surface area contributed by atoms with Crippen LogP contribution in [0.5, 0.6) is 23.0 Å². The first-order chi connectivity index (χ1) is 14.0. The van der Waals surface area contributed by atoms with Crippen LogP contribution < -0.4 is 24.4 Å². The molecule has 0 spiro atoms. The van der Waals surface area contributed by atoms with Gasteiger partial charge in [0, 0.05) is 17.7 Å². The van der Waals surface area contributed by atoms with Crippen LogP contribution in [0, 0.1) is 10.1 Å². The Balaban J connectivity index is 1.68. The highest BCUT2D eigenvalue weighted by atomic mass is 16.6. The summed E-state index contributed by atoms with van der Waals surface area (Å²) in [7, 11) is 2.74. The Bertz CT molecular complexity index is 959. The summed E-state index contributed by atoms with van der Waals surface area (Å²) in [6.45, 7) is 0.956. The van der Waals surface area contributed by atoms with E-state index in [1.54, 1.807) is 18.2 Å². The standard InChI is InChI=1S/C19H19N3O7/c1-26-16-10-17(27-2)14(22(24)25)9-13(16)11-20-21-19(23)8-12-3-4-15-18(7-12)29-6-5-28-15/h3-4,7,9-11H,5-6,8H2,1-2H3,(H,21,23). The number of hydrogen-bond acceptors (Lipinski definition) is 8. The normalized spacial score (nSPS) is 12.5. The monoisotopic (exact) mass is 401 g/mol. The van der Waals surface area contributed by atoms with Crippen LogP contribution in [0.2, 0.25) is 0 Å². The summed E-state index contributed by atoms with van der Waals surface area (Å²) in [5, 5.41) is 15.0. The Morgan fingerprint density at radius 1 is 1.17 bits per heavy atom. The molecular weight excluding hydrogens is 382 g/mol. The van der Waals surface area contributed by atoms with Gasteiger partial charge in [-0.15, -0.1) is 0 Å². The Labute approximate surface area is 166 Å². The first kappa shape index (κ1) is 19.9. The highest BCUT2D eigenvalue weighted by Gasteiger charge is 2.19. The molecule has 0 radical (unpaired) electrons. The van der Waals surface area contributed by atoms with E-state index in [1.807, 2.05) is 0 Å². The van der Waals surface area contributed by atoms with Gasteiger partial charge in [0.15, 0.2) is 11.5 Å². The van der Waals surface area contributed by atoms with Crippen LogP contribution in [-0.4, -0.2) is 44.5 Å². The summed E-state index contributed by atoms with van der Waals surface area (Å²) in [5.74, 6) is 1.26. The quantitative estimate of drug-likeness (QED) is 0.428. The number of hydrogen-bond donors (Lipinski definition) is 1. The molecule has 3 rings (SSSR count). The van der Waals surface area contributed by atoms with Crippen LogP contribution in [0.1, 0.15) is 11.1 Å². The third-order valence-corrected chi connectivity index (χ3v) is 4.09. The molecule has 0 fully saturated rings.